The molecule has 2 N–H and O–H groups in total. The summed E-state index contributed by atoms with van der Waals surface area (Å²) in [5, 5.41) is 0. The lowest BCUT2D eigenvalue weighted by Gasteiger charge is -2.04. The molecule has 0 aliphatic rings. The van der Waals surface area contributed by atoms with Gasteiger partial charge in [0.15, 0.2) is 5.95 Å². The molecule has 3 heteroatoms. The fourth-order valence-corrected chi connectivity index (χ4v) is 1.08. The molecule has 0 heterocycles. The van der Waals surface area contributed by atoms with Gasteiger partial charge in [-0.25, -0.2) is 0 Å². The van der Waals surface area contributed by atoms with E-state index in [1.54, 1.807) is 7.11 Å². The van der Waals surface area contributed by atoms with Crippen LogP contribution in [-0.2, 0) is 6.42 Å². The highest BCUT2D eigenvalue weighted by atomic mass is 19.1. The number of para-hydroxylation sites is 1. The van der Waals surface area contributed by atoms with Gasteiger partial charge in [0.05, 0.1) is 7.11 Å². The molecule has 70 valence electrons. The number of ether oxygens (including phenoxy) is 1. The summed E-state index contributed by atoms with van der Waals surface area (Å²) in [6.07, 6.45) is 1.77. The molecule has 0 radical (unpaired) electrons. The first kappa shape index (κ1) is 9.58. The topological polar surface area (TPSA) is 35.2 Å². The van der Waals surface area contributed by atoms with Crippen LogP contribution in [0.15, 0.2) is 36.3 Å². The van der Waals surface area contributed by atoms with Crippen LogP contribution in [-0.4, -0.2) is 7.11 Å². The number of nitrogens with two attached hydrogens (primary N) is 1. The van der Waals surface area contributed by atoms with Gasteiger partial charge in [0, 0.05) is 0 Å². The zero-order valence-electron chi connectivity index (χ0n) is 7.46. The molecule has 0 aliphatic carbocycles. The van der Waals surface area contributed by atoms with Crippen LogP contribution in [0.2, 0.25) is 0 Å². The van der Waals surface area contributed by atoms with E-state index in [-0.39, 0.29) is 0 Å². The van der Waals surface area contributed by atoms with E-state index in [1.165, 1.54) is 6.08 Å². The summed E-state index contributed by atoms with van der Waals surface area (Å²) in [7, 11) is 1.58. The number of allylic oxidation sites excluding steroid dienone is 1. The van der Waals surface area contributed by atoms with Gasteiger partial charge in [0.1, 0.15) is 5.75 Å². The Morgan fingerprint density at radius 3 is 2.85 bits per heavy atom. The standard InChI is InChI=1S/C10H12FNO/c1-13-9-5-3-2-4-8(9)6-7-10(11)12/h2-5,7H,6,12H2,1H3/b10-7+. The number of benzene rings is 1. The number of rotatable bonds is 3. The van der Waals surface area contributed by atoms with Crippen molar-refractivity contribution in [3.63, 3.8) is 0 Å². The molecular formula is C10H12FNO. The van der Waals surface area contributed by atoms with Crippen molar-refractivity contribution >= 4 is 0 Å². The third kappa shape index (κ3) is 2.78. The maximum Gasteiger partial charge on any atom is 0.180 e. The Balaban J connectivity index is 2.81. The molecule has 0 amide bonds. The summed E-state index contributed by atoms with van der Waals surface area (Å²) >= 11 is 0. The van der Waals surface area contributed by atoms with Gasteiger partial charge in [-0.15, -0.1) is 0 Å². The molecule has 0 unspecified atom stereocenters. The largest absolute Gasteiger partial charge is 0.496 e. The zero-order chi connectivity index (χ0) is 9.68. The maximum atomic E-state index is 12.2. The molecule has 0 aromatic heterocycles. The van der Waals surface area contributed by atoms with E-state index in [4.69, 9.17) is 10.5 Å². The fourth-order valence-electron chi connectivity index (χ4n) is 1.08. The van der Waals surface area contributed by atoms with Gasteiger partial charge in [0.2, 0.25) is 0 Å². The second-order valence-electron chi connectivity index (χ2n) is 2.60. The molecule has 13 heavy (non-hydrogen) atoms. The van der Waals surface area contributed by atoms with Crippen LogP contribution in [0.5, 0.6) is 5.75 Å². The second kappa shape index (κ2) is 4.50. The van der Waals surface area contributed by atoms with E-state index < -0.39 is 5.95 Å². The summed E-state index contributed by atoms with van der Waals surface area (Å²) in [6, 6.07) is 7.45. The van der Waals surface area contributed by atoms with Crippen molar-refractivity contribution < 1.29 is 9.13 Å². The molecule has 0 atom stereocenters. The predicted octanol–water partition coefficient (Wildman–Crippen LogP) is 2.01. The molecule has 1 rings (SSSR count). The lowest BCUT2D eigenvalue weighted by atomic mass is 10.1. The first-order chi connectivity index (χ1) is 6.24. The molecule has 2 nitrogen and oxygen atoms in total. The molecule has 0 saturated heterocycles. The minimum atomic E-state index is -0.661. The van der Waals surface area contributed by atoms with Crippen LogP contribution >= 0.6 is 0 Å². The summed E-state index contributed by atoms with van der Waals surface area (Å²) in [4.78, 5) is 0. The molecule has 0 spiro atoms. The van der Waals surface area contributed by atoms with Crippen LogP contribution in [0, 0.1) is 0 Å². The third-order valence-corrected chi connectivity index (χ3v) is 1.71. The Morgan fingerprint density at radius 1 is 1.54 bits per heavy atom. The van der Waals surface area contributed by atoms with Crippen LogP contribution in [0.25, 0.3) is 0 Å². The smallest absolute Gasteiger partial charge is 0.180 e. The van der Waals surface area contributed by atoms with Gasteiger partial charge >= 0.3 is 0 Å². The van der Waals surface area contributed by atoms with Crippen molar-refractivity contribution in [2.45, 2.75) is 6.42 Å². The van der Waals surface area contributed by atoms with Crippen molar-refractivity contribution in [1.29, 1.82) is 0 Å². The summed E-state index contributed by atoms with van der Waals surface area (Å²) in [6.45, 7) is 0. The number of methoxy groups -OCH3 is 1. The first-order valence-electron chi connectivity index (χ1n) is 3.97. The average molecular weight is 181 g/mol. The Labute approximate surface area is 76.8 Å². The van der Waals surface area contributed by atoms with E-state index in [0.29, 0.717) is 6.42 Å². The van der Waals surface area contributed by atoms with E-state index in [9.17, 15) is 4.39 Å². The lowest BCUT2D eigenvalue weighted by molar-refractivity contribution is 0.410. The Kier molecular flexibility index (Phi) is 3.31. The van der Waals surface area contributed by atoms with E-state index in [0.717, 1.165) is 11.3 Å². The minimum absolute atomic E-state index is 0.451. The average Bonchev–Trinajstić information content (AvgIpc) is 2.15. The highest BCUT2D eigenvalue weighted by Gasteiger charge is 1.98. The quantitative estimate of drug-likeness (QED) is 0.724. The predicted molar refractivity (Wildman–Crippen MR) is 50.1 cm³/mol. The molecule has 1 aromatic rings. The van der Waals surface area contributed by atoms with E-state index in [1.807, 2.05) is 24.3 Å². The van der Waals surface area contributed by atoms with Gasteiger partial charge in [-0.3, -0.25) is 0 Å². The summed E-state index contributed by atoms with van der Waals surface area (Å²) in [5.74, 6) is 0.0888. The van der Waals surface area contributed by atoms with Gasteiger partial charge < -0.3 is 10.5 Å². The van der Waals surface area contributed by atoms with Crippen molar-refractivity contribution in [2.75, 3.05) is 7.11 Å². The molecular weight excluding hydrogens is 169 g/mol. The van der Waals surface area contributed by atoms with Gasteiger partial charge in [-0.1, -0.05) is 18.2 Å². The fraction of sp³-hybridized carbons (Fsp3) is 0.200. The zero-order valence-corrected chi connectivity index (χ0v) is 7.46. The Morgan fingerprint density at radius 2 is 2.23 bits per heavy atom. The highest BCUT2D eigenvalue weighted by molar-refractivity contribution is 5.34. The highest BCUT2D eigenvalue weighted by Crippen LogP contribution is 2.18. The minimum Gasteiger partial charge on any atom is -0.496 e. The number of hydrogen-bond donors (Lipinski definition) is 1. The first-order valence-corrected chi connectivity index (χ1v) is 3.97. The van der Waals surface area contributed by atoms with E-state index >= 15 is 0 Å². The SMILES string of the molecule is COc1ccccc1C/C=C(/N)F. The molecule has 1 aromatic carbocycles. The van der Waals surface area contributed by atoms with Gasteiger partial charge in [0.25, 0.3) is 0 Å². The van der Waals surface area contributed by atoms with Crippen molar-refractivity contribution in [1.82, 2.24) is 0 Å². The normalized spacial score (nSPS) is 11.4. The van der Waals surface area contributed by atoms with Crippen LogP contribution in [0.3, 0.4) is 0 Å². The van der Waals surface area contributed by atoms with Crippen LogP contribution < -0.4 is 10.5 Å². The van der Waals surface area contributed by atoms with Crippen molar-refractivity contribution in [3.05, 3.63) is 41.9 Å². The maximum absolute atomic E-state index is 12.2. The lowest BCUT2D eigenvalue weighted by Crippen LogP contribution is -1.93. The van der Waals surface area contributed by atoms with Gasteiger partial charge in [-0.2, -0.15) is 4.39 Å². The molecule has 0 saturated carbocycles. The van der Waals surface area contributed by atoms with E-state index in [2.05, 4.69) is 0 Å². The molecule has 0 bridgehead atoms. The number of hydrogen-bond acceptors (Lipinski definition) is 2. The van der Waals surface area contributed by atoms with Crippen molar-refractivity contribution in [3.8, 4) is 5.75 Å². The monoisotopic (exact) mass is 181 g/mol. The molecule has 0 aliphatic heterocycles. The second-order valence-corrected chi connectivity index (χ2v) is 2.60. The molecule has 0 fully saturated rings. The third-order valence-electron chi connectivity index (χ3n) is 1.71. The van der Waals surface area contributed by atoms with Gasteiger partial charge in [-0.05, 0) is 24.1 Å². The van der Waals surface area contributed by atoms with Crippen LogP contribution in [0.1, 0.15) is 5.56 Å². The Hall–Kier alpha value is -1.51. The van der Waals surface area contributed by atoms with Crippen molar-refractivity contribution in [2.24, 2.45) is 5.73 Å². The summed E-state index contributed by atoms with van der Waals surface area (Å²) in [5.41, 5.74) is 5.81. The summed E-state index contributed by atoms with van der Waals surface area (Å²) < 4.78 is 17.3. The number of halogens is 1. The van der Waals surface area contributed by atoms with Crippen LogP contribution in [0.4, 0.5) is 4.39 Å². The Bertz CT molecular complexity index is 306.